The monoisotopic (exact) mass is 392 g/mol. The summed E-state index contributed by atoms with van der Waals surface area (Å²) in [6.45, 7) is 0.548. The molecular formula is C23H24N2O4. The molecule has 6 nitrogen and oxygen atoms in total. The van der Waals surface area contributed by atoms with Gasteiger partial charge in [-0.2, -0.15) is 0 Å². The minimum Gasteiger partial charge on any atom is -0.454 e. The van der Waals surface area contributed by atoms with Gasteiger partial charge >= 0.3 is 0 Å². The van der Waals surface area contributed by atoms with Crippen LogP contribution >= 0.6 is 0 Å². The average Bonchev–Trinajstić information content (AvgIpc) is 3.32. The predicted molar refractivity (Wildman–Crippen MR) is 107 cm³/mol. The van der Waals surface area contributed by atoms with Gasteiger partial charge in [0.2, 0.25) is 12.7 Å². The van der Waals surface area contributed by atoms with Crippen molar-refractivity contribution >= 4 is 11.8 Å². The molecule has 1 N–H and O–H groups in total. The Balaban J connectivity index is 1.42. The van der Waals surface area contributed by atoms with Crippen molar-refractivity contribution in [1.29, 1.82) is 0 Å². The van der Waals surface area contributed by atoms with Crippen molar-refractivity contribution in [3.63, 3.8) is 0 Å². The van der Waals surface area contributed by atoms with Gasteiger partial charge in [-0.05, 0) is 42.2 Å². The number of carbonyl (C=O) groups is 2. The first-order chi connectivity index (χ1) is 14.2. The number of amides is 2. The Kier molecular flexibility index (Phi) is 4.62. The van der Waals surface area contributed by atoms with Crippen LogP contribution < -0.4 is 14.8 Å². The second kappa shape index (κ2) is 7.43. The van der Waals surface area contributed by atoms with Crippen molar-refractivity contribution in [1.82, 2.24) is 10.2 Å². The molecule has 6 heteroatoms. The van der Waals surface area contributed by atoms with Gasteiger partial charge in [0.15, 0.2) is 11.5 Å². The van der Waals surface area contributed by atoms with Crippen LogP contribution in [0.2, 0.25) is 0 Å². The molecule has 1 aliphatic carbocycles. The van der Waals surface area contributed by atoms with Crippen LogP contribution in [0.3, 0.4) is 0 Å². The standard InChI is InChI=1S/C23H24N2O4/c26-22(24-16-6-2-1-3-7-16)21-17-8-4-5-9-18(17)23(27)25(21)13-15-10-11-19-20(12-15)29-14-28-19/h4-5,8-12,16,21H,1-3,6-7,13-14H2,(H,24,26)/t21-/m1/s1. The first-order valence-electron chi connectivity index (χ1n) is 10.3. The predicted octanol–water partition coefficient (Wildman–Crippen LogP) is 3.56. The first kappa shape index (κ1) is 18.0. The van der Waals surface area contributed by atoms with E-state index in [1.165, 1.54) is 6.42 Å². The lowest BCUT2D eigenvalue weighted by atomic mass is 9.95. The number of carbonyl (C=O) groups excluding carboxylic acids is 2. The summed E-state index contributed by atoms with van der Waals surface area (Å²) in [7, 11) is 0. The van der Waals surface area contributed by atoms with Gasteiger partial charge < -0.3 is 19.7 Å². The van der Waals surface area contributed by atoms with E-state index in [9.17, 15) is 9.59 Å². The highest BCUT2D eigenvalue weighted by Gasteiger charge is 2.41. The van der Waals surface area contributed by atoms with Gasteiger partial charge in [-0.25, -0.2) is 0 Å². The smallest absolute Gasteiger partial charge is 0.255 e. The van der Waals surface area contributed by atoms with Gasteiger partial charge in [0.05, 0.1) is 0 Å². The largest absolute Gasteiger partial charge is 0.454 e. The molecule has 29 heavy (non-hydrogen) atoms. The van der Waals surface area contributed by atoms with E-state index >= 15 is 0 Å². The fraction of sp³-hybridized carbons (Fsp3) is 0.391. The fourth-order valence-corrected chi connectivity index (χ4v) is 4.58. The Morgan fingerprint density at radius 3 is 2.69 bits per heavy atom. The average molecular weight is 392 g/mol. The lowest BCUT2D eigenvalue weighted by Gasteiger charge is -2.28. The number of hydrogen-bond acceptors (Lipinski definition) is 4. The molecule has 0 spiro atoms. The number of rotatable bonds is 4. The molecule has 2 aromatic carbocycles. The van der Waals surface area contributed by atoms with Gasteiger partial charge in [-0.15, -0.1) is 0 Å². The van der Waals surface area contributed by atoms with E-state index in [0.717, 1.165) is 36.8 Å². The minimum absolute atomic E-state index is 0.0871. The van der Waals surface area contributed by atoms with Crippen molar-refractivity contribution in [2.45, 2.75) is 50.7 Å². The summed E-state index contributed by atoms with van der Waals surface area (Å²) in [6.07, 6.45) is 5.54. The normalized spacial score (nSPS) is 20.6. The molecule has 0 bridgehead atoms. The van der Waals surface area contributed by atoms with E-state index in [2.05, 4.69) is 5.32 Å². The topological polar surface area (TPSA) is 67.9 Å². The summed E-state index contributed by atoms with van der Waals surface area (Å²) in [5.74, 6) is 1.18. The van der Waals surface area contributed by atoms with Crippen LogP contribution in [0.25, 0.3) is 0 Å². The van der Waals surface area contributed by atoms with Crippen LogP contribution in [0.5, 0.6) is 11.5 Å². The van der Waals surface area contributed by atoms with Crippen LogP contribution in [0.15, 0.2) is 42.5 Å². The fourth-order valence-electron chi connectivity index (χ4n) is 4.58. The van der Waals surface area contributed by atoms with Gasteiger partial charge in [-0.3, -0.25) is 9.59 Å². The van der Waals surface area contributed by atoms with E-state index in [-0.39, 0.29) is 24.6 Å². The zero-order valence-corrected chi connectivity index (χ0v) is 16.2. The van der Waals surface area contributed by atoms with Crippen LogP contribution in [-0.2, 0) is 11.3 Å². The molecule has 2 aromatic rings. The van der Waals surface area contributed by atoms with E-state index < -0.39 is 6.04 Å². The van der Waals surface area contributed by atoms with Gasteiger partial charge in [0, 0.05) is 18.2 Å². The molecule has 2 heterocycles. The quantitative estimate of drug-likeness (QED) is 0.864. The molecule has 0 saturated heterocycles. The molecule has 2 amide bonds. The third kappa shape index (κ3) is 3.33. The van der Waals surface area contributed by atoms with E-state index in [0.29, 0.717) is 23.6 Å². The summed E-state index contributed by atoms with van der Waals surface area (Å²) in [5.41, 5.74) is 2.30. The van der Waals surface area contributed by atoms with E-state index in [4.69, 9.17) is 9.47 Å². The highest BCUT2D eigenvalue weighted by atomic mass is 16.7. The number of hydrogen-bond donors (Lipinski definition) is 1. The molecule has 3 aliphatic rings. The van der Waals surface area contributed by atoms with Gasteiger partial charge in [0.1, 0.15) is 6.04 Å². The molecule has 1 atom stereocenters. The molecule has 0 unspecified atom stereocenters. The van der Waals surface area contributed by atoms with Crippen LogP contribution in [0.1, 0.15) is 59.6 Å². The van der Waals surface area contributed by atoms with Gasteiger partial charge in [0.25, 0.3) is 5.91 Å². The molecule has 0 radical (unpaired) electrons. The lowest BCUT2D eigenvalue weighted by Crippen LogP contribution is -2.43. The molecule has 0 aromatic heterocycles. The van der Waals surface area contributed by atoms with E-state index in [1.54, 1.807) is 11.0 Å². The number of benzene rings is 2. The van der Waals surface area contributed by atoms with Crippen molar-refractivity contribution in [2.24, 2.45) is 0 Å². The zero-order chi connectivity index (χ0) is 19.8. The molecule has 2 aliphatic heterocycles. The highest BCUT2D eigenvalue weighted by Crippen LogP contribution is 2.37. The Morgan fingerprint density at radius 2 is 1.83 bits per heavy atom. The van der Waals surface area contributed by atoms with Crippen molar-refractivity contribution < 1.29 is 19.1 Å². The SMILES string of the molecule is O=C(NC1CCCCC1)[C@H]1c2ccccc2C(=O)N1Cc1ccc2c(c1)OCO2. The summed E-state index contributed by atoms with van der Waals surface area (Å²) in [4.78, 5) is 28.1. The molecule has 1 saturated carbocycles. The first-order valence-corrected chi connectivity index (χ1v) is 10.3. The van der Waals surface area contributed by atoms with Crippen molar-refractivity contribution in [3.05, 3.63) is 59.2 Å². The van der Waals surface area contributed by atoms with Crippen LogP contribution in [0.4, 0.5) is 0 Å². The summed E-state index contributed by atoms with van der Waals surface area (Å²) >= 11 is 0. The maximum absolute atomic E-state index is 13.3. The Bertz CT molecular complexity index is 952. The Morgan fingerprint density at radius 1 is 1.03 bits per heavy atom. The maximum Gasteiger partial charge on any atom is 0.255 e. The second-order valence-electron chi connectivity index (χ2n) is 7.95. The summed E-state index contributed by atoms with van der Waals surface area (Å²) < 4.78 is 10.8. The zero-order valence-electron chi connectivity index (χ0n) is 16.2. The van der Waals surface area contributed by atoms with Gasteiger partial charge in [-0.1, -0.05) is 43.5 Å². The molecule has 5 rings (SSSR count). The third-order valence-electron chi connectivity index (χ3n) is 6.05. The third-order valence-corrected chi connectivity index (χ3v) is 6.05. The molecule has 1 fully saturated rings. The number of fused-ring (bicyclic) bond motifs is 2. The molecular weight excluding hydrogens is 368 g/mol. The number of nitrogens with one attached hydrogen (secondary N) is 1. The summed E-state index contributed by atoms with van der Waals surface area (Å²) in [5, 5.41) is 3.20. The lowest BCUT2D eigenvalue weighted by molar-refractivity contribution is -0.126. The highest BCUT2D eigenvalue weighted by molar-refractivity contribution is 6.04. The maximum atomic E-state index is 13.3. The summed E-state index contributed by atoms with van der Waals surface area (Å²) in [6, 6.07) is 12.7. The number of ether oxygens (including phenoxy) is 2. The van der Waals surface area contributed by atoms with Crippen molar-refractivity contribution in [3.8, 4) is 11.5 Å². The minimum atomic E-state index is -0.606. The van der Waals surface area contributed by atoms with Crippen LogP contribution in [-0.4, -0.2) is 29.5 Å². The van der Waals surface area contributed by atoms with Crippen LogP contribution in [0, 0.1) is 0 Å². The Labute approximate surface area is 169 Å². The molecule has 150 valence electrons. The van der Waals surface area contributed by atoms with E-state index in [1.807, 2.05) is 36.4 Å². The Hall–Kier alpha value is -3.02. The van der Waals surface area contributed by atoms with Crippen molar-refractivity contribution in [2.75, 3.05) is 6.79 Å². The number of nitrogens with zero attached hydrogens (tertiary/aromatic N) is 1. The second-order valence-corrected chi connectivity index (χ2v) is 7.95.